The third-order valence-electron chi connectivity index (χ3n) is 2.19. The minimum absolute atomic E-state index is 0.300. The molecule has 17 heavy (non-hydrogen) atoms. The summed E-state index contributed by atoms with van der Waals surface area (Å²) in [5.74, 6) is -0.910. The van der Waals surface area contributed by atoms with E-state index in [0.29, 0.717) is 5.56 Å². The van der Waals surface area contributed by atoms with E-state index in [0.717, 1.165) is 15.5 Å². The molecule has 0 fully saturated rings. The number of carboxylic acids is 1. The van der Waals surface area contributed by atoms with Crippen LogP contribution >= 0.6 is 11.8 Å². The van der Waals surface area contributed by atoms with Gasteiger partial charge in [0.05, 0.1) is 5.56 Å². The second kappa shape index (κ2) is 4.97. The number of benzene rings is 1. The lowest BCUT2D eigenvalue weighted by molar-refractivity contribution is 0.0696. The molecule has 1 heterocycles. The lowest BCUT2D eigenvalue weighted by atomic mass is 10.1. The highest BCUT2D eigenvalue weighted by Crippen LogP contribution is 2.28. The van der Waals surface area contributed by atoms with Gasteiger partial charge in [-0.15, -0.1) is 0 Å². The molecule has 0 saturated heterocycles. The molecule has 0 aliphatic carbocycles. The van der Waals surface area contributed by atoms with E-state index < -0.39 is 5.97 Å². The summed E-state index contributed by atoms with van der Waals surface area (Å²) in [7, 11) is 0. The predicted octanol–water partition coefficient (Wildman–Crippen LogP) is 2.63. The summed E-state index contributed by atoms with van der Waals surface area (Å²) in [5.41, 5.74) is 1.23. The SMILES string of the molecule is Cc1cc(C(=O)O)ccc1Sc1ccncn1. The van der Waals surface area contributed by atoms with Crippen LogP contribution in [0, 0.1) is 6.92 Å². The van der Waals surface area contributed by atoms with E-state index in [-0.39, 0.29) is 0 Å². The minimum Gasteiger partial charge on any atom is -0.478 e. The maximum Gasteiger partial charge on any atom is 0.335 e. The van der Waals surface area contributed by atoms with E-state index in [4.69, 9.17) is 5.11 Å². The van der Waals surface area contributed by atoms with Gasteiger partial charge in [0.2, 0.25) is 0 Å². The largest absolute Gasteiger partial charge is 0.478 e. The Bertz CT molecular complexity index is 543. The van der Waals surface area contributed by atoms with Crippen molar-refractivity contribution in [3.8, 4) is 0 Å². The summed E-state index contributed by atoms with van der Waals surface area (Å²) in [5, 5.41) is 9.70. The number of hydrogen-bond acceptors (Lipinski definition) is 4. The highest BCUT2D eigenvalue weighted by Gasteiger charge is 2.07. The Morgan fingerprint density at radius 3 is 2.76 bits per heavy atom. The summed E-state index contributed by atoms with van der Waals surface area (Å²) in [4.78, 5) is 19.7. The molecular weight excluding hydrogens is 236 g/mol. The molecule has 0 saturated carbocycles. The van der Waals surface area contributed by atoms with Gasteiger partial charge in [0.1, 0.15) is 11.4 Å². The average molecular weight is 246 g/mol. The number of hydrogen-bond donors (Lipinski definition) is 1. The van der Waals surface area contributed by atoms with Crippen LogP contribution in [0.2, 0.25) is 0 Å². The molecule has 0 atom stereocenters. The van der Waals surface area contributed by atoms with Crippen molar-refractivity contribution in [1.82, 2.24) is 9.97 Å². The maximum atomic E-state index is 10.8. The van der Waals surface area contributed by atoms with E-state index in [1.165, 1.54) is 18.1 Å². The lowest BCUT2D eigenvalue weighted by Gasteiger charge is -2.05. The van der Waals surface area contributed by atoms with Gasteiger partial charge in [-0.25, -0.2) is 14.8 Å². The van der Waals surface area contributed by atoms with Crippen molar-refractivity contribution in [2.75, 3.05) is 0 Å². The third kappa shape index (κ3) is 2.82. The molecule has 1 aromatic heterocycles. The topological polar surface area (TPSA) is 63.1 Å². The van der Waals surface area contributed by atoms with Gasteiger partial charge in [0, 0.05) is 11.1 Å². The fourth-order valence-electron chi connectivity index (χ4n) is 1.35. The van der Waals surface area contributed by atoms with Crippen molar-refractivity contribution < 1.29 is 9.90 Å². The molecule has 4 nitrogen and oxygen atoms in total. The van der Waals surface area contributed by atoms with Gasteiger partial charge in [-0.05, 0) is 36.8 Å². The van der Waals surface area contributed by atoms with Crippen LogP contribution < -0.4 is 0 Å². The number of aryl methyl sites for hydroxylation is 1. The normalized spacial score (nSPS) is 10.2. The first kappa shape index (κ1) is 11.6. The minimum atomic E-state index is -0.910. The molecule has 0 spiro atoms. The van der Waals surface area contributed by atoms with Crippen LogP contribution in [0.4, 0.5) is 0 Å². The molecule has 0 amide bonds. The molecule has 2 rings (SSSR count). The Labute approximate surface area is 103 Å². The van der Waals surface area contributed by atoms with E-state index in [1.54, 1.807) is 24.4 Å². The fourth-order valence-corrected chi connectivity index (χ4v) is 2.16. The molecule has 0 aliphatic rings. The molecule has 0 unspecified atom stereocenters. The molecule has 0 bridgehead atoms. The average Bonchev–Trinajstić information content (AvgIpc) is 2.33. The van der Waals surface area contributed by atoms with Gasteiger partial charge in [-0.1, -0.05) is 11.8 Å². The number of aromatic carboxylic acids is 1. The summed E-state index contributed by atoms with van der Waals surface area (Å²) in [6.45, 7) is 1.88. The fraction of sp³-hybridized carbons (Fsp3) is 0.0833. The molecular formula is C12H10N2O2S. The van der Waals surface area contributed by atoms with Crippen molar-refractivity contribution in [1.29, 1.82) is 0 Å². The van der Waals surface area contributed by atoms with Gasteiger partial charge < -0.3 is 5.11 Å². The maximum absolute atomic E-state index is 10.8. The van der Waals surface area contributed by atoms with E-state index in [1.807, 2.05) is 13.0 Å². The van der Waals surface area contributed by atoms with Crippen molar-refractivity contribution in [2.45, 2.75) is 16.8 Å². The van der Waals surface area contributed by atoms with Crippen molar-refractivity contribution >= 4 is 17.7 Å². The van der Waals surface area contributed by atoms with Crippen LogP contribution in [0.1, 0.15) is 15.9 Å². The summed E-state index contributed by atoms with van der Waals surface area (Å²) in [6.07, 6.45) is 3.17. The van der Waals surface area contributed by atoms with Gasteiger partial charge in [-0.3, -0.25) is 0 Å². The number of rotatable bonds is 3. The molecule has 0 radical (unpaired) electrons. The Hall–Kier alpha value is -1.88. The molecule has 1 N–H and O–H groups in total. The van der Waals surface area contributed by atoms with Gasteiger partial charge in [0.15, 0.2) is 0 Å². The Morgan fingerprint density at radius 2 is 2.18 bits per heavy atom. The van der Waals surface area contributed by atoms with Crippen LogP contribution in [-0.4, -0.2) is 21.0 Å². The molecule has 2 aromatic rings. The highest BCUT2D eigenvalue weighted by molar-refractivity contribution is 7.99. The van der Waals surface area contributed by atoms with Crippen molar-refractivity contribution in [2.24, 2.45) is 0 Å². The molecule has 86 valence electrons. The zero-order valence-electron chi connectivity index (χ0n) is 9.12. The predicted molar refractivity (Wildman–Crippen MR) is 64.3 cm³/mol. The summed E-state index contributed by atoms with van der Waals surface area (Å²) < 4.78 is 0. The van der Waals surface area contributed by atoms with E-state index >= 15 is 0 Å². The number of carboxylic acid groups (broad SMARTS) is 1. The van der Waals surface area contributed by atoms with Crippen LogP contribution in [0.15, 0.2) is 46.7 Å². The second-order valence-corrected chi connectivity index (χ2v) is 4.50. The van der Waals surface area contributed by atoms with Crippen molar-refractivity contribution in [3.05, 3.63) is 47.9 Å². The Kier molecular flexibility index (Phi) is 3.39. The van der Waals surface area contributed by atoms with Gasteiger partial charge >= 0.3 is 5.97 Å². The van der Waals surface area contributed by atoms with E-state index in [2.05, 4.69) is 9.97 Å². The number of nitrogens with zero attached hydrogens (tertiary/aromatic N) is 2. The van der Waals surface area contributed by atoms with Crippen LogP contribution in [0.3, 0.4) is 0 Å². The zero-order chi connectivity index (χ0) is 12.3. The van der Waals surface area contributed by atoms with E-state index in [9.17, 15) is 4.79 Å². The highest BCUT2D eigenvalue weighted by atomic mass is 32.2. The third-order valence-corrected chi connectivity index (χ3v) is 3.32. The molecule has 0 aliphatic heterocycles. The van der Waals surface area contributed by atoms with Gasteiger partial charge in [0.25, 0.3) is 0 Å². The van der Waals surface area contributed by atoms with Crippen molar-refractivity contribution in [3.63, 3.8) is 0 Å². The van der Waals surface area contributed by atoms with Crippen LogP contribution in [0.5, 0.6) is 0 Å². The molecule has 5 heteroatoms. The standard InChI is InChI=1S/C12H10N2O2S/c1-8-6-9(12(15)16)2-3-10(8)17-11-4-5-13-7-14-11/h2-7H,1H3,(H,15,16). The number of aromatic nitrogens is 2. The summed E-state index contributed by atoms with van der Waals surface area (Å²) in [6, 6.07) is 6.87. The smallest absolute Gasteiger partial charge is 0.335 e. The zero-order valence-corrected chi connectivity index (χ0v) is 9.94. The first-order valence-electron chi connectivity index (χ1n) is 4.94. The van der Waals surface area contributed by atoms with Crippen LogP contribution in [-0.2, 0) is 0 Å². The Morgan fingerprint density at radius 1 is 1.35 bits per heavy atom. The second-order valence-electron chi connectivity index (χ2n) is 3.44. The molecule has 1 aromatic carbocycles. The summed E-state index contributed by atoms with van der Waals surface area (Å²) >= 11 is 1.49. The Balaban J connectivity index is 2.26. The van der Waals surface area contributed by atoms with Gasteiger partial charge in [-0.2, -0.15) is 0 Å². The quantitative estimate of drug-likeness (QED) is 0.843. The first-order chi connectivity index (χ1) is 8.16. The lowest BCUT2D eigenvalue weighted by Crippen LogP contribution is -1.96. The number of carbonyl (C=O) groups is 1. The first-order valence-corrected chi connectivity index (χ1v) is 5.76. The van der Waals surface area contributed by atoms with Crippen LogP contribution in [0.25, 0.3) is 0 Å². The monoisotopic (exact) mass is 246 g/mol.